The molecule has 0 amide bonds. The van der Waals surface area contributed by atoms with Gasteiger partial charge >= 0.3 is 41.0 Å². The van der Waals surface area contributed by atoms with Gasteiger partial charge in [-0.2, -0.15) is 0 Å². The van der Waals surface area contributed by atoms with E-state index in [0.717, 1.165) is 127 Å². The second-order valence-corrected chi connectivity index (χ2v) is 53.1. The first-order valence-corrected chi connectivity index (χ1v) is 54.4. The van der Waals surface area contributed by atoms with Gasteiger partial charge in [0.05, 0.1) is 32.0 Å². The molecule has 120 heavy (non-hydrogen) atoms. The van der Waals surface area contributed by atoms with Gasteiger partial charge in [0.15, 0.2) is 21.7 Å². The Bertz CT molecular complexity index is 5160. The summed E-state index contributed by atoms with van der Waals surface area (Å²) in [6.45, 7) is 2.21. The molecule has 14 aromatic carbocycles. The Labute approximate surface area is 843 Å². The second kappa shape index (κ2) is 62.7. The minimum absolute atomic E-state index is 0. The van der Waals surface area contributed by atoms with Gasteiger partial charge in [-0.3, -0.25) is 9.36 Å². The molecule has 0 aliphatic carbocycles. The van der Waals surface area contributed by atoms with Crippen molar-refractivity contribution in [3.8, 4) is 0 Å². The molecule has 0 unspecified atom stereocenters. The molecule has 1 aliphatic heterocycles. The van der Waals surface area contributed by atoms with Gasteiger partial charge in [0.25, 0.3) is 0 Å². The summed E-state index contributed by atoms with van der Waals surface area (Å²) in [4.78, 5) is 21.8. The molecular formula is C88H86AlBr12Cl3LiO12P3. The first-order valence-electron chi connectivity index (χ1n) is 35.1. The van der Waals surface area contributed by atoms with Crippen molar-refractivity contribution in [2.45, 2.75) is 47.2 Å². The van der Waals surface area contributed by atoms with Gasteiger partial charge in [-0.05, 0) is 278 Å². The summed E-state index contributed by atoms with van der Waals surface area (Å²) in [5.74, 6) is -0.306. The quantitative estimate of drug-likeness (QED) is 0.0371. The summed E-state index contributed by atoms with van der Waals surface area (Å²) in [6, 6.07) is 84.9. The number of halogens is 15. The summed E-state index contributed by atoms with van der Waals surface area (Å²) in [5, 5.41) is 36.1. The third-order valence-electron chi connectivity index (χ3n) is 16.4. The Morgan fingerprint density at radius 3 is 0.908 bits per heavy atom. The number of rotatable bonds is 13. The number of aliphatic hydroxyl groups is 2. The Balaban J connectivity index is 0.000000460. The van der Waals surface area contributed by atoms with E-state index in [1.807, 2.05) is 164 Å². The van der Waals surface area contributed by atoms with Crippen molar-refractivity contribution in [2.24, 2.45) is 0 Å². The number of methoxy groups -OCH3 is 1. The molecule has 1 heterocycles. The Kier molecular flexibility index (Phi) is 58.9. The number of hydrogen-bond donors (Lipinski definition) is 2. The van der Waals surface area contributed by atoms with Crippen LogP contribution < -0.4 is 18.9 Å². The van der Waals surface area contributed by atoms with Crippen LogP contribution in [0, 0.1) is 0 Å². The summed E-state index contributed by atoms with van der Waals surface area (Å²) in [6.07, 6.45) is 3.70. The van der Waals surface area contributed by atoms with Crippen molar-refractivity contribution in [3.63, 3.8) is 0 Å². The number of carbonyl (C=O) groups is 2. The molecule has 634 valence electrons. The molecular weight excluding hydrogens is 2440 g/mol. The number of esters is 1. The predicted octanol–water partition coefficient (Wildman–Crippen LogP) is 29.8. The first-order chi connectivity index (χ1) is 56.5. The van der Waals surface area contributed by atoms with Gasteiger partial charge < -0.3 is 43.7 Å². The van der Waals surface area contributed by atoms with E-state index in [1.54, 1.807) is 27.4 Å². The van der Waals surface area contributed by atoms with Crippen molar-refractivity contribution in [1.29, 1.82) is 0 Å². The van der Waals surface area contributed by atoms with Gasteiger partial charge in [-0.15, -0.1) is 0 Å². The van der Waals surface area contributed by atoms with E-state index in [1.165, 1.54) is 77.6 Å². The molecule has 1 fully saturated rings. The van der Waals surface area contributed by atoms with Crippen LogP contribution in [0.5, 0.6) is 0 Å². The molecule has 14 aromatic rings. The van der Waals surface area contributed by atoms with E-state index >= 15 is 0 Å². The fourth-order valence-electron chi connectivity index (χ4n) is 10.7. The van der Waals surface area contributed by atoms with Crippen LogP contribution in [0.1, 0.15) is 62.8 Å². The van der Waals surface area contributed by atoms with Crippen LogP contribution in [0.25, 0.3) is 75.4 Å². The largest absolute Gasteiger partial charge is 1.00 e. The van der Waals surface area contributed by atoms with Crippen molar-refractivity contribution >= 4 is 350 Å². The van der Waals surface area contributed by atoms with Gasteiger partial charge in [-0.25, -0.2) is 4.79 Å². The van der Waals surface area contributed by atoms with E-state index in [2.05, 4.69) is 293 Å². The third kappa shape index (κ3) is 42.9. The average Bonchev–Trinajstić information content (AvgIpc) is 0.854. The molecule has 15 rings (SSSR count). The minimum atomic E-state index is -3.00. The normalized spacial score (nSPS) is 11.0. The molecule has 0 saturated carbocycles. The molecule has 1 aliphatic rings. The Hall–Kier alpha value is -1.43. The summed E-state index contributed by atoms with van der Waals surface area (Å²) in [7, 11) is 4.76. The molecule has 2 N–H and O–H groups in total. The maximum Gasteiger partial charge on any atom is 1.00 e. The number of ether oxygens (including phenoxy) is 2. The van der Waals surface area contributed by atoms with Crippen molar-refractivity contribution in [1.82, 2.24) is 0 Å². The fraction of sp³-hybridized carbons (Fsp3) is 0.182. The predicted molar refractivity (Wildman–Crippen MR) is 555 cm³/mol. The van der Waals surface area contributed by atoms with E-state index in [-0.39, 0.29) is 67.0 Å². The third-order valence-corrected chi connectivity index (χ3v) is 23.9. The van der Waals surface area contributed by atoms with Gasteiger partial charge in [-0.1, -0.05) is 318 Å². The zero-order chi connectivity index (χ0) is 86.7. The fourth-order valence-corrected chi connectivity index (χ4v) is 15.6. The van der Waals surface area contributed by atoms with Crippen molar-refractivity contribution in [2.75, 3.05) is 55.9 Å². The number of aldehydes is 1. The van der Waals surface area contributed by atoms with Crippen molar-refractivity contribution < 1.29 is 76.7 Å². The Morgan fingerprint density at radius 2 is 0.658 bits per heavy atom. The van der Waals surface area contributed by atoms with Gasteiger partial charge in [0, 0.05) is 96.3 Å². The van der Waals surface area contributed by atoms with Crippen LogP contribution in [-0.4, -0.2) is 100.0 Å². The summed E-state index contributed by atoms with van der Waals surface area (Å²) >= 11 is 54.8. The van der Waals surface area contributed by atoms with Crippen LogP contribution in [-0.2, 0) is 66.7 Å². The summed E-state index contributed by atoms with van der Waals surface area (Å²) < 4.78 is 52.2. The second-order valence-electron chi connectivity index (χ2n) is 24.4. The molecule has 12 nitrogen and oxygen atoms in total. The number of hydrogen-bond acceptors (Lipinski definition) is 12. The molecule has 0 bridgehead atoms. The van der Waals surface area contributed by atoms with E-state index in [4.69, 9.17) is 58.8 Å². The van der Waals surface area contributed by atoms with Crippen LogP contribution in [0.2, 0.25) is 0 Å². The smallest absolute Gasteiger partial charge is 1.00 e. The average molecular weight is 2530 g/mol. The number of carbonyl (C=O) groups excluding carboxylic acids is 2. The van der Waals surface area contributed by atoms with Crippen LogP contribution in [0.3, 0.4) is 0 Å². The Morgan fingerprint density at radius 1 is 0.417 bits per heavy atom. The molecule has 32 heteroatoms. The number of aliphatic hydroxyl groups excluding tert-OH is 2. The monoisotopic (exact) mass is 2510 g/mol. The summed E-state index contributed by atoms with van der Waals surface area (Å²) in [5.41, 5.74) is 6.77. The zero-order valence-corrected chi connectivity index (χ0v) is 89.2. The van der Waals surface area contributed by atoms with Crippen LogP contribution in [0.15, 0.2) is 286 Å². The van der Waals surface area contributed by atoms with E-state index < -0.39 is 20.5 Å². The van der Waals surface area contributed by atoms with Gasteiger partial charge in [0.1, 0.15) is 10.3 Å². The van der Waals surface area contributed by atoms with E-state index in [9.17, 15) is 14.2 Å². The number of alkyl halides is 5. The van der Waals surface area contributed by atoms with Crippen molar-refractivity contribution in [3.05, 3.63) is 325 Å². The number of fused-ring (bicyclic) bond motifs is 7. The maximum atomic E-state index is 12.1. The molecule has 0 radical (unpaired) electrons. The molecule has 0 atom stereocenters. The maximum absolute atomic E-state index is 12.1. The van der Waals surface area contributed by atoms with E-state index in [0.29, 0.717) is 5.56 Å². The number of benzene rings is 14. The van der Waals surface area contributed by atoms with Gasteiger partial charge in [0.2, 0.25) is 0 Å². The topological polar surface area (TPSA) is 156 Å². The minimum Gasteiger partial charge on any atom is -1.00 e. The SMILES string of the molecule is BrCc1ccc2cc(Br)ccc2c1.BrCc1ccc2cc(Br)ccc2c1.BrP(Br)Br.C1CCOC1.COC(=O)c1ccc2cc(Br)ccc2c1.COP(=O)(Cc1ccc2cc(Br)ccc2c1)OC.COP(OC)OC.ClC(Cl)Cl.O=Cc1ccc2cc(Br)ccc2c1.OCc1ccc2cc(Br)ccc2c1.OCc1ccc2cc(Br)ccc2c1.[AlH3].[H-].[Li+]. The standard InChI is InChI=1S/C13H14BrO3P.C12H9BrO2.2C11H8Br2.2C11H9BrO.C11H7BrO.C4H8O.C3H9O3P.CHCl3.Al.Br3P.Li.4H/c1-16-18(15,17-2)9-10-3-4-12-8-13(14)6-5-11(12)7-10;1-15-12(14)10-3-2-9-7-11(13)5-4-8(9)6-10;2*12-7-8-1-2-10-6-11(13)4-3-9(10)5-8;3*12-11-4-3-9-5-8(7-13)1-2-10(9)6-11;1-2-4-5-3-1;1-4-7(5-2)6-3;2-1(3)4;;1-4(2)3;;;;;/h3-8H,9H2,1-2H3;2-7H,1H3;2*1-6H,7H2;2*1-6,13H,7H2;1-7H;1-4H2;1-3H3;1H;;;;;;;/q;;;;;;;;;;;;+1;;;;-1. The van der Waals surface area contributed by atoms with Crippen LogP contribution in [0.4, 0.5) is 0 Å². The molecule has 0 spiro atoms. The van der Waals surface area contributed by atoms with Crippen LogP contribution >= 0.6 is 245 Å². The first kappa shape index (κ1) is 113. The zero-order valence-electron chi connectivity index (χ0n) is 66.3. The molecule has 0 aromatic heterocycles. The molecule has 1 saturated heterocycles.